The first-order valence-corrected chi connectivity index (χ1v) is 11.7. The average Bonchev–Trinajstić information content (AvgIpc) is 3.24. The molecule has 7 heteroatoms. The molecule has 4 rings (SSSR count). The molecule has 0 saturated carbocycles. The number of thiazole rings is 1. The van der Waals surface area contributed by atoms with Crippen molar-refractivity contribution in [3.05, 3.63) is 70.7 Å². The van der Waals surface area contributed by atoms with E-state index >= 15 is 0 Å². The van der Waals surface area contributed by atoms with Gasteiger partial charge < -0.3 is 10.2 Å². The second-order valence-electron chi connectivity index (χ2n) is 8.28. The van der Waals surface area contributed by atoms with Crippen LogP contribution in [0.5, 0.6) is 0 Å². The lowest BCUT2D eigenvalue weighted by Crippen LogP contribution is -2.43. The summed E-state index contributed by atoms with van der Waals surface area (Å²) in [6.45, 7) is 6.88. The maximum atomic E-state index is 12.4. The van der Waals surface area contributed by atoms with Crippen LogP contribution >= 0.6 is 11.3 Å². The van der Waals surface area contributed by atoms with Crippen molar-refractivity contribution < 1.29 is 9.59 Å². The van der Waals surface area contributed by atoms with Gasteiger partial charge in [-0.1, -0.05) is 18.2 Å². The first kappa shape index (κ1) is 22.3. The molecule has 0 aliphatic carbocycles. The first-order valence-electron chi connectivity index (χ1n) is 10.8. The smallest absolute Gasteiger partial charge is 0.230 e. The number of nitrogens with one attached hydrogen (secondary N) is 1. The quantitative estimate of drug-likeness (QED) is 0.555. The van der Waals surface area contributed by atoms with Gasteiger partial charge in [-0.05, 0) is 49.9 Å². The van der Waals surface area contributed by atoms with Gasteiger partial charge in [0.2, 0.25) is 5.91 Å². The van der Waals surface area contributed by atoms with E-state index in [1.165, 1.54) is 12.5 Å². The molecule has 1 N–H and O–H groups in total. The molecule has 1 amide bonds. The van der Waals surface area contributed by atoms with Gasteiger partial charge in [-0.15, -0.1) is 11.3 Å². The molecule has 0 atom stereocenters. The number of Topliss-reactive ketones (excluding diaryl/α,β-unsaturated/α-hetero) is 1. The van der Waals surface area contributed by atoms with Crippen LogP contribution in [0.15, 0.2) is 53.9 Å². The normalized spacial score (nSPS) is 14.9. The average molecular weight is 449 g/mol. The zero-order valence-corrected chi connectivity index (χ0v) is 19.3. The van der Waals surface area contributed by atoms with E-state index in [2.05, 4.69) is 46.4 Å². The first-order chi connectivity index (χ1) is 15.5. The number of anilines is 1. The van der Waals surface area contributed by atoms with Gasteiger partial charge in [0.15, 0.2) is 5.78 Å². The molecule has 0 bridgehead atoms. The largest absolute Gasteiger partial charge is 0.326 e. The number of carbonyl (C=O) groups excluding carboxylic acids is 2. The van der Waals surface area contributed by atoms with E-state index in [0.29, 0.717) is 11.3 Å². The van der Waals surface area contributed by atoms with Crippen LogP contribution < -0.4 is 5.32 Å². The van der Waals surface area contributed by atoms with Gasteiger partial charge in [0.25, 0.3) is 0 Å². The summed E-state index contributed by atoms with van der Waals surface area (Å²) < 4.78 is 0. The van der Waals surface area contributed by atoms with Crippen LogP contribution in [0.4, 0.5) is 5.69 Å². The lowest BCUT2D eigenvalue weighted by molar-refractivity contribution is -0.115. The Balaban J connectivity index is 1.36. The molecule has 1 aliphatic rings. The minimum Gasteiger partial charge on any atom is -0.326 e. The third-order valence-electron chi connectivity index (χ3n) is 5.64. The van der Waals surface area contributed by atoms with E-state index in [0.717, 1.165) is 49.0 Å². The number of hydrogen-bond donors (Lipinski definition) is 1. The molecule has 1 saturated heterocycles. The van der Waals surface area contributed by atoms with E-state index in [-0.39, 0.29) is 18.1 Å². The summed E-state index contributed by atoms with van der Waals surface area (Å²) in [6, 6.07) is 15.5. The van der Waals surface area contributed by atoms with Gasteiger partial charge in [0, 0.05) is 54.9 Å². The summed E-state index contributed by atoms with van der Waals surface area (Å²) in [6.07, 6.45) is 0.214. The van der Waals surface area contributed by atoms with Crippen molar-refractivity contribution in [2.24, 2.45) is 0 Å². The summed E-state index contributed by atoms with van der Waals surface area (Å²) in [7, 11) is 2.17. The third-order valence-corrected chi connectivity index (χ3v) is 6.58. The Kier molecular flexibility index (Phi) is 7.09. The Morgan fingerprint density at radius 2 is 1.81 bits per heavy atom. The van der Waals surface area contributed by atoms with Crippen molar-refractivity contribution in [1.82, 2.24) is 14.8 Å². The maximum absolute atomic E-state index is 12.4. The number of ketones is 1. The molecular weight excluding hydrogens is 420 g/mol. The van der Waals surface area contributed by atoms with Crippen molar-refractivity contribution in [2.45, 2.75) is 19.9 Å². The van der Waals surface area contributed by atoms with Crippen molar-refractivity contribution in [3.63, 3.8) is 0 Å². The van der Waals surface area contributed by atoms with Crippen molar-refractivity contribution >= 4 is 28.7 Å². The number of amides is 1. The molecule has 2 heterocycles. The molecule has 0 unspecified atom stereocenters. The lowest BCUT2D eigenvalue weighted by atomic mass is 10.1. The molecule has 3 aromatic rings. The molecule has 166 valence electrons. The van der Waals surface area contributed by atoms with Crippen molar-refractivity contribution in [3.8, 4) is 10.6 Å². The molecule has 6 nitrogen and oxygen atoms in total. The van der Waals surface area contributed by atoms with Crippen LogP contribution in [-0.4, -0.2) is 59.7 Å². The fraction of sp³-hybridized carbons (Fsp3) is 0.320. The van der Waals surface area contributed by atoms with Crippen LogP contribution in [0, 0.1) is 0 Å². The number of piperazine rings is 1. The zero-order valence-electron chi connectivity index (χ0n) is 18.5. The van der Waals surface area contributed by atoms with E-state index in [9.17, 15) is 9.59 Å². The standard InChI is InChI=1S/C25H28N4O2S/c1-18(30)20-6-8-22(9-7-20)26-24(31)15-23-17-32-25(27-23)21-5-3-4-19(14-21)16-29-12-10-28(2)11-13-29/h3-9,14,17H,10-13,15-16H2,1-2H3,(H,26,31). The minimum absolute atomic E-state index is 0.00508. The number of nitrogens with zero attached hydrogens (tertiary/aromatic N) is 3. The highest BCUT2D eigenvalue weighted by molar-refractivity contribution is 7.13. The number of carbonyl (C=O) groups is 2. The Hall–Kier alpha value is -2.87. The molecule has 1 aliphatic heterocycles. The highest BCUT2D eigenvalue weighted by atomic mass is 32.1. The summed E-state index contributed by atoms with van der Waals surface area (Å²) in [5.74, 6) is -0.119. The molecule has 1 aromatic heterocycles. The van der Waals surface area contributed by atoms with E-state index < -0.39 is 0 Å². The summed E-state index contributed by atoms with van der Waals surface area (Å²) in [5.41, 5.74) is 4.44. The van der Waals surface area contributed by atoms with Crippen LogP contribution in [0.1, 0.15) is 28.5 Å². The van der Waals surface area contributed by atoms with Gasteiger partial charge >= 0.3 is 0 Å². The molecular formula is C25H28N4O2S. The topological polar surface area (TPSA) is 65.5 Å². The number of rotatable bonds is 7. The van der Waals surface area contributed by atoms with E-state index in [4.69, 9.17) is 4.98 Å². The summed E-state index contributed by atoms with van der Waals surface area (Å²) >= 11 is 1.56. The van der Waals surface area contributed by atoms with E-state index in [1.54, 1.807) is 35.6 Å². The van der Waals surface area contributed by atoms with Crippen LogP contribution in [0.3, 0.4) is 0 Å². The number of benzene rings is 2. The SMILES string of the molecule is CC(=O)c1ccc(NC(=O)Cc2csc(-c3cccc(CN4CCN(C)CC4)c3)n2)cc1. The summed E-state index contributed by atoms with van der Waals surface area (Å²) in [5, 5.41) is 5.74. The highest BCUT2D eigenvalue weighted by Crippen LogP contribution is 2.25. The monoisotopic (exact) mass is 448 g/mol. The second-order valence-corrected chi connectivity index (χ2v) is 9.14. The molecule has 0 radical (unpaired) electrons. The highest BCUT2D eigenvalue weighted by Gasteiger charge is 2.15. The van der Waals surface area contributed by atoms with Crippen LogP contribution in [0.2, 0.25) is 0 Å². The molecule has 32 heavy (non-hydrogen) atoms. The van der Waals surface area contributed by atoms with Gasteiger partial charge in [-0.2, -0.15) is 0 Å². The predicted molar refractivity (Wildman–Crippen MR) is 129 cm³/mol. The van der Waals surface area contributed by atoms with E-state index in [1.807, 2.05) is 5.38 Å². The Morgan fingerprint density at radius 1 is 1.06 bits per heavy atom. The van der Waals surface area contributed by atoms with Gasteiger partial charge in [-0.3, -0.25) is 14.5 Å². The maximum Gasteiger partial charge on any atom is 0.230 e. The molecule has 1 fully saturated rings. The Labute approximate surface area is 192 Å². The van der Waals surface area contributed by atoms with Gasteiger partial charge in [0.1, 0.15) is 5.01 Å². The summed E-state index contributed by atoms with van der Waals surface area (Å²) in [4.78, 5) is 33.3. The number of aromatic nitrogens is 1. The Bertz CT molecular complexity index is 1090. The van der Waals surface area contributed by atoms with Gasteiger partial charge in [0.05, 0.1) is 12.1 Å². The van der Waals surface area contributed by atoms with Crippen molar-refractivity contribution in [2.75, 3.05) is 38.5 Å². The van der Waals surface area contributed by atoms with Crippen LogP contribution in [-0.2, 0) is 17.8 Å². The lowest BCUT2D eigenvalue weighted by Gasteiger charge is -2.32. The number of likely N-dealkylation sites (N-methyl/N-ethyl adjacent to an activating group) is 1. The van der Waals surface area contributed by atoms with Crippen LogP contribution in [0.25, 0.3) is 10.6 Å². The number of hydrogen-bond acceptors (Lipinski definition) is 6. The Morgan fingerprint density at radius 3 is 2.53 bits per heavy atom. The minimum atomic E-state index is -0.124. The zero-order chi connectivity index (χ0) is 22.5. The van der Waals surface area contributed by atoms with Gasteiger partial charge in [-0.25, -0.2) is 4.98 Å². The predicted octanol–water partition coefficient (Wildman–Crippen LogP) is 3.94. The second kappa shape index (κ2) is 10.2. The fourth-order valence-corrected chi connectivity index (χ4v) is 4.56. The third kappa shape index (κ3) is 5.88. The molecule has 2 aromatic carbocycles. The van der Waals surface area contributed by atoms with Crippen molar-refractivity contribution in [1.29, 1.82) is 0 Å². The molecule has 0 spiro atoms. The fourth-order valence-electron chi connectivity index (χ4n) is 3.75.